The predicted octanol–water partition coefficient (Wildman–Crippen LogP) is 2.62. The van der Waals surface area contributed by atoms with Gasteiger partial charge in [-0.1, -0.05) is 23.9 Å². The molecule has 0 atom stereocenters. The van der Waals surface area contributed by atoms with Gasteiger partial charge in [0.15, 0.2) is 5.82 Å². The van der Waals surface area contributed by atoms with Crippen molar-refractivity contribution < 1.29 is 4.79 Å². The van der Waals surface area contributed by atoms with Gasteiger partial charge in [-0.05, 0) is 30.4 Å². The van der Waals surface area contributed by atoms with Crippen molar-refractivity contribution in [2.75, 3.05) is 18.3 Å². The monoisotopic (exact) mass is 393 g/mol. The zero-order valence-corrected chi connectivity index (χ0v) is 16.8. The van der Waals surface area contributed by atoms with Gasteiger partial charge in [0.25, 0.3) is 0 Å². The van der Waals surface area contributed by atoms with E-state index in [-0.39, 0.29) is 0 Å². The number of anilines is 1. The molecule has 0 aliphatic rings. The smallest absolute Gasteiger partial charge is 0.274 e. The van der Waals surface area contributed by atoms with E-state index >= 15 is 0 Å². The van der Waals surface area contributed by atoms with Gasteiger partial charge in [0.1, 0.15) is 4.38 Å². The molecule has 2 aromatic rings. The van der Waals surface area contributed by atoms with E-state index in [9.17, 15) is 4.79 Å². The average Bonchev–Trinajstić information content (AvgIpc) is 3.02. The third kappa shape index (κ3) is 5.01. The topological polar surface area (TPSA) is 106 Å². The second-order valence-electron chi connectivity index (χ2n) is 5.55. The van der Waals surface area contributed by atoms with Crippen LogP contribution in [0.25, 0.3) is 0 Å². The molecule has 2 amide bonds. The fourth-order valence-corrected chi connectivity index (χ4v) is 3.83. The Bertz CT molecular complexity index is 804. The summed E-state index contributed by atoms with van der Waals surface area (Å²) < 4.78 is 2.59. The molecule has 1 heterocycles. The lowest BCUT2D eigenvalue weighted by Gasteiger charge is -2.24. The van der Waals surface area contributed by atoms with Gasteiger partial charge in [0.05, 0.1) is 5.69 Å². The Balaban J connectivity index is 2.23. The number of aryl methyl sites for hydroxylation is 2. The van der Waals surface area contributed by atoms with E-state index in [1.54, 1.807) is 34.3 Å². The standard InChI is InChI=1S/C16H23N7OS2/c1-11-6-5-7-13(23(18)16(24)22(3)17)12(11)10-26-15(25-4)19-14-8-9-21(2)20-14/h5-9H,10,17-18H2,1-4H3/b19-15-. The summed E-state index contributed by atoms with van der Waals surface area (Å²) in [6.07, 6.45) is 3.82. The number of thioether (sulfide) groups is 2. The minimum absolute atomic E-state index is 0.492. The van der Waals surface area contributed by atoms with E-state index in [1.807, 2.05) is 44.6 Å². The molecule has 8 nitrogen and oxygen atoms in total. The van der Waals surface area contributed by atoms with Gasteiger partial charge in [-0.3, -0.25) is 9.69 Å². The number of aromatic nitrogens is 2. The first-order valence-electron chi connectivity index (χ1n) is 7.74. The number of amides is 2. The number of nitrogens with two attached hydrogens (primary N) is 2. The number of urea groups is 1. The SMILES string of the molecule is CS/C(=N/c1ccn(C)n1)SCc1c(C)cccc1N(N)C(=O)N(C)N. The fourth-order valence-electron chi connectivity index (χ4n) is 2.20. The van der Waals surface area contributed by atoms with Crippen LogP contribution in [-0.4, -0.2) is 38.5 Å². The van der Waals surface area contributed by atoms with E-state index in [2.05, 4.69) is 10.1 Å². The second kappa shape index (κ2) is 9.08. The molecule has 0 saturated carbocycles. The summed E-state index contributed by atoms with van der Waals surface area (Å²) in [7, 11) is 3.31. The molecule has 0 fully saturated rings. The highest BCUT2D eigenvalue weighted by atomic mass is 32.2. The summed E-state index contributed by atoms with van der Waals surface area (Å²) in [4.78, 5) is 16.7. The lowest BCUT2D eigenvalue weighted by Crippen LogP contribution is -2.49. The van der Waals surface area contributed by atoms with Gasteiger partial charge in [0, 0.05) is 32.1 Å². The highest BCUT2D eigenvalue weighted by Crippen LogP contribution is 2.30. The summed E-state index contributed by atoms with van der Waals surface area (Å²) in [5, 5.41) is 6.29. The maximum Gasteiger partial charge on any atom is 0.352 e. The largest absolute Gasteiger partial charge is 0.352 e. The van der Waals surface area contributed by atoms with Crippen LogP contribution in [0.1, 0.15) is 11.1 Å². The Morgan fingerprint density at radius 3 is 2.65 bits per heavy atom. The molecule has 0 unspecified atom stereocenters. The van der Waals surface area contributed by atoms with E-state index < -0.39 is 6.03 Å². The normalized spacial score (nSPS) is 11.5. The maximum atomic E-state index is 12.1. The van der Waals surface area contributed by atoms with Crippen LogP contribution >= 0.6 is 23.5 Å². The first kappa shape index (κ1) is 20.3. The molecule has 4 N–H and O–H groups in total. The van der Waals surface area contributed by atoms with E-state index in [0.717, 1.165) is 25.5 Å². The maximum absolute atomic E-state index is 12.1. The van der Waals surface area contributed by atoms with Crippen LogP contribution in [0.15, 0.2) is 35.5 Å². The minimum Gasteiger partial charge on any atom is -0.274 e. The molecule has 0 aliphatic heterocycles. The molecule has 2 rings (SSSR count). The molecule has 0 bridgehead atoms. The van der Waals surface area contributed by atoms with Gasteiger partial charge >= 0.3 is 6.03 Å². The van der Waals surface area contributed by atoms with Crippen LogP contribution in [0, 0.1) is 6.92 Å². The molecular weight excluding hydrogens is 370 g/mol. The summed E-state index contributed by atoms with van der Waals surface area (Å²) in [5.41, 5.74) is 2.62. The first-order chi connectivity index (χ1) is 12.3. The zero-order chi connectivity index (χ0) is 19.3. The fraction of sp³-hybridized carbons (Fsp3) is 0.312. The highest BCUT2D eigenvalue weighted by molar-refractivity contribution is 8.38. The zero-order valence-electron chi connectivity index (χ0n) is 15.2. The van der Waals surface area contributed by atoms with Gasteiger partial charge in [-0.15, -0.1) is 11.8 Å². The molecule has 1 aromatic carbocycles. The van der Waals surface area contributed by atoms with Crippen molar-refractivity contribution in [1.29, 1.82) is 0 Å². The van der Waals surface area contributed by atoms with Crippen molar-refractivity contribution in [1.82, 2.24) is 14.8 Å². The summed E-state index contributed by atoms with van der Waals surface area (Å²) >= 11 is 3.12. The number of hydrogen-bond donors (Lipinski definition) is 2. The van der Waals surface area contributed by atoms with Crippen LogP contribution < -0.4 is 16.7 Å². The molecule has 0 aliphatic carbocycles. The number of hydrogen-bond acceptors (Lipinski definition) is 7. The van der Waals surface area contributed by atoms with Gasteiger partial charge in [0.2, 0.25) is 0 Å². The summed E-state index contributed by atoms with van der Waals surface area (Å²) in [5.74, 6) is 12.8. The van der Waals surface area contributed by atoms with Crippen molar-refractivity contribution in [3.8, 4) is 0 Å². The number of benzene rings is 1. The van der Waals surface area contributed by atoms with E-state index in [0.29, 0.717) is 17.3 Å². The molecular formula is C16H23N7OS2. The van der Waals surface area contributed by atoms with Gasteiger partial charge < -0.3 is 0 Å². The molecule has 0 saturated heterocycles. The minimum atomic E-state index is -0.492. The van der Waals surface area contributed by atoms with Crippen molar-refractivity contribution in [3.63, 3.8) is 0 Å². The molecule has 0 radical (unpaired) electrons. The summed E-state index contributed by atoms with van der Waals surface area (Å²) in [6.45, 7) is 1.98. The van der Waals surface area contributed by atoms with Crippen molar-refractivity contribution in [3.05, 3.63) is 41.6 Å². The molecule has 1 aromatic heterocycles. The van der Waals surface area contributed by atoms with Gasteiger partial charge in [-0.2, -0.15) is 5.10 Å². The highest BCUT2D eigenvalue weighted by Gasteiger charge is 2.19. The second-order valence-corrected chi connectivity index (χ2v) is 7.57. The summed E-state index contributed by atoms with van der Waals surface area (Å²) in [6, 6.07) is 7.01. The third-order valence-corrected chi connectivity index (χ3v) is 5.64. The number of hydrazine groups is 2. The average molecular weight is 394 g/mol. The quantitative estimate of drug-likeness (QED) is 0.272. The number of rotatable bonds is 4. The van der Waals surface area contributed by atoms with Crippen LogP contribution in [0.2, 0.25) is 0 Å². The lowest BCUT2D eigenvalue weighted by atomic mass is 10.1. The van der Waals surface area contributed by atoms with Crippen LogP contribution in [0.5, 0.6) is 0 Å². The number of carbonyl (C=O) groups excluding carboxylic acids is 1. The van der Waals surface area contributed by atoms with E-state index in [1.165, 1.54) is 7.05 Å². The number of carbonyl (C=O) groups is 1. The molecule has 10 heteroatoms. The first-order valence-corrected chi connectivity index (χ1v) is 9.95. The van der Waals surface area contributed by atoms with Crippen molar-refractivity contribution >= 4 is 45.4 Å². The van der Waals surface area contributed by atoms with Crippen LogP contribution in [0.4, 0.5) is 16.3 Å². The van der Waals surface area contributed by atoms with Crippen molar-refractivity contribution in [2.45, 2.75) is 12.7 Å². The predicted molar refractivity (Wildman–Crippen MR) is 110 cm³/mol. The molecule has 26 heavy (non-hydrogen) atoms. The molecule has 0 spiro atoms. The Morgan fingerprint density at radius 1 is 1.35 bits per heavy atom. The van der Waals surface area contributed by atoms with E-state index in [4.69, 9.17) is 11.7 Å². The van der Waals surface area contributed by atoms with Crippen molar-refractivity contribution in [2.24, 2.45) is 23.7 Å². The Hall–Kier alpha value is -2.01. The Morgan fingerprint density at radius 2 is 2.08 bits per heavy atom. The van der Waals surface area contributed by atoms with Gasteiger partial charge in [-0.25, -0.2) is 26.5 Å². The third-order valence-electron chi connectivity index (χ3n) is 3.57. The Kier molecular flexibility index (Phi) is 7.09. The van der Waals surface area contributed by atoms with Crippen LogP contribution in [0.3, 0.4) is 0 Å². The Labute approximate surface area is 161 Å². The molecule has 140 valence electrons. The lowest BCUT2D eigenvalue weighted by molar-refractivity contribution is 0.216. The number of nitrogens with zero attached hydrogens (tertiary/aromatic N) is 5. The van der Waals surface area contributed by atoms with Crippen LogP contribution in [-0.2, 0) is 12.8 Å². The number of aliphatic imine (C=N–C) groups is 1.